The minimum atomic E-state index is -0.742. The number of nitrogens with one attached hydrogen (secondary N) is 1. The van der Waals surface area contributed by atoms with Crippen molar-refractivity contribution in [3.8, 4) is 0 Å². The van der Waals surface area contributed by atoms with E-state index < -0.39 is 11.6 Å². The molecule has 1 atom stereocenters. The van der Waals surface area contributed by atoms with Gasteiger partial charge in [-0.05, 0) is 56.8 Å². The van der Waals surface area contributed by atoms with Crippen LogP contribution in [0.3, 0.4) is 0 Å². The molecule has 1 N–H and O–H groups in total. The molecule has 3 rings (SSSR count). The summed E-state index contributed by atoms with van der Waals surface area (Å²) in [6.07, 6.45) is 4.67. The van der Waals surface area contributed by atoms with E-state index >= 15 is 0 Å². The third kappa shape index (κ3) is 2.62. The van der Waals surface area contributed by atoms with E-state index in [0.29, 0.717) is 11.1 Å². The van der Waals surface area contributed by atoms with Crippen LogP contribution in [-0.4, -0.2) is 7.05 Å². The number of rotatable bonds is 3. The summed E-state index contributed by atoms with van der Waals surface area (Å²) in [6.45, 7) is 1.58. The summed E-state index contributed by atoms with van der Waals surface area (Å²) in [5, 5.41) is 3.14. The van der Waals surface area contributed by atoms with Crippen LogP contribution in [0.15, 0.2) is 18.2 Å². The Bertz CT molecular complexity index is 640. The number of hydrogen-bond donors (Lipinski definition) is 1. The first-order chi connectivity index (χ1) is 10.1. The first-order valence-corrected chi connectivity index (χ1v) is 8.16. The van der Waals surface area contributed by atoms with Crippen molar-refractivity contribution in [2.45, 2.75) is 38.6 Å². The Balaban J connectivity index is 2.02. The molecule has 1 aromatic heterocycles. The van der Waals surface area contributed by atoms with Gasteiger partial charge in [0.2, 0.25) is 0 Å². The first-order valence-electron chi connectivity index (χ1n) is 7.35. The molecule has 1 aliphatic carbocycles. The number of fused-ring (bicyclic) bond motifs is 1. The average molecular weight is 307 g/mol. The lowest BCUT2D eigenvalue weighted by Crippen LogP contribution is -2.18. The molecule has 1 aromatic carbocycles. The van der Waals surface area contributed by atoms with Crippen molar-refractivity contribution in [1.82, 2.24) is 5.32 Å². The van der Waals surface area contributed by atoms with Crippen molar-refractivity contribution in [2.24, 2.45) is 0 Å². The molecule has 0 aliphatic heterocycles. The molecule has 0 fully saturated rings. The zero-order chi connectivity index (χ0) is 15.0. The van der Waals surface area contributed by atoms with Crippen LogP contribution in [-0.2, 0) is 12.8 Å². The molecule has 0 radical (unpaired) electrons. The number of aryl methyl sites for hydroxylation is 3. The Labute approximate surface area is 128 Å². The van der Waals surface area contributed by atoms with E-state index in [9.17, 15) is 8.78 Å². The van der Waals surface area contributed by atoms with Crippen molar-refractivity contribution in [2.75, 3.05) is 7.05 Å². The molecule has 4 heteroatoms. The highest BCUT2D eigenvalue weighted by atomic mass is 32.1. The Hall–Kier alpha value is -1.26. The second kappa shape index (κ2) is 5.85. The molecule has 1 unspecified atom stereocenters. The molecule has 1 heterocycles. The molecule has 0 saturated heterocycles. The SMILES string of the molecule is CNC(c1cc2c(s1)CCCC2)c1ccc(C)c(F)c1F. The standard InChI is InChI=1S/C17H19F2NS/c1-10-7-8-12(16(19)15(10)18)17(20-2)14-9-11-5-3-4-6-13(11)21-14/h7-9,17,20H,3-6H2,1-2H3. The normalized spacial score (nSPS) is 15.8. The van der Waals surface area contributed by atoms with E-state index in [0.717, 1.165) is 17.7 Å². The maximum Gasteiger partial charge on any atom is 0.164 e. The second-order valence-electron chi connectivity index (χ2n) is 5.63. The van der Waals surface area contributed by atoms with Crippen LogP contribution < -0.4 is 5.32 Å². The molecule has 21 heavy (non-hydrogen) atoms. The van der Waals surface area contributed by atoms with Crippen molar-refractivity contribution >= 4 is 11.3 Å². The predicted octanol–water partition coefficient (Wildman–Crippen LogP) is 4.52. The van der Waals surface area contributed by atoms with Crippen LogP contribution in [0.2, 0.25) is 0 Å². The fraction of sp³-hybridized carbons (Fsp3) is 0.412. The molecular weight excluding hydrogens is 288 g/mol. The summed E-state index contributed by atoms with van der Waals surface area (Å²) < 4.78 is 28.1. The summed E-state index contributed by atoms with van der Waals surface area (Å²) in [5.41, 5.74) is 2.12. The summed E-state index contributed by atoms with van der Waals surface area (Å²) in [6, 6.07) is 5.22. The minimum absolute atomic E-state index is 0.282. The van der Waals surface area contributed by atoms with Crippen LogP contribution in [0.5, 0.6) is 0 Å². The molecule has 0 spiro atoms. The number of thiophene rings is 1. The van der Waals surface area contributed by atoms with Gasteiger partial charge < -0.3 is 5.32 Å². The first kappa shape index (κ1) is 14.7. The summed E-state index contributed by atoms with van der Waals surface area (Å²) in [7, 11) is 1.79. The van der Waals surface area contributed by atoms with E-state index in [4.69, 9.17) is 0 Å². The molecule has 0 amide bonds. The number of hydrogen-bond acceptors (Lipinski definition) is 2. The van der Waals surface area contributed by atoms with Crippen molar-refractivity contribution in [1.29, 1.82) is 0 Å². The van der Waals surface area contributed by atoms with E-state index in [1.54, 1.807) is 37.4 Å². The lowest BCUT2D eigenvalue weighted by molar-refractivity contribution is 0.483. The van der Waals surface area contributed by atoms with Crippen LogP contribution >= 0.6 is 11.3 Å². The van der Waals surface area contributed by atoms with E-state index in [-0.39, 0.29) is 6.04 Å². The second-order valence-corrected chi connectivity index (χ2v) is 6.79. The van der Waals surface area contributed by atoms with Crippen molar-refractivity contribution in [3.05, 3.63) is 56.3 Å². The summed E-state index contributed by atoms with van der Waals surface area (Å²) in [5.74, 6) is -1.48. The Morgan fingerprint density at radius 1 is 1.14 bits per heavy atom. The quantitative estimate of drug-likeness (QED) is 0.879. The summed E-state index contributed by atoms with van der Waals surface area (Å²) >= 11 is 1.73. The van der Waals surface area contributed by atoms with Gasteiger partial charge in [0.05, 0.1) is 6.04 Å². The van der Waals surface area contributed by atoms with Crippen LogP contribution in [0.4, 0.5) is 8.78 Å². The molecule has 0 bridgehead atoms. The molecule has 2 aromatic rings. The monoisotopic (exact) mass is 307 g/mol. The smallest absolute Gasteiger partial charge is 0.164 e. The highest BCUT2D eigenvalue weighted by Gasteiger charge is 2.23. The van der Waals surface area contributed by atoms with Crippen LogP contribution in [0.1, 0.15) is 45.3 Å². The van der Waals surface area contributed by atoms with E-state index in [1.165, 1.54) is 23.3 Å². The molecule has 1 nitrogen and oxygen atoms in total. The van der Waals surface area contributed by atoms with Gasteiger partial charge in [-0.25, -0.2) is 8.78 Å². The van der Waals surface area contributed by atoms with Crippen molar-refractivity contribution in [3.63, 3.8) is 0 Å². The predicted molar refractivity (Wildman–Crippen MR) is 83.0 cm³/mol. The van der Waals surface area contributed by atoms with Gasteiger partial charge in [0, 0.05) is 15.3 Å². The number of benzene rings is 1. The molecule has 1 aliphatic rings. The topological polar surface area (TPSA) is 12.0 Å². The van der Waals surface area contributed by atoms with Gasteiger partial charge in [-0.2, -0.15) is 0 Å². The maximum absolute atomic E-state index is 14.3. The summed E-state index contributed by atoms with van der Waals surface area (Å²) in [4.78, 5) is 2.48. The van der Waals surface area contributed by atoms with Gasteiger partial charge in [0.1, 0.15) is 0 Å². The number of halogens is 2. The van der Waals surface area contributed by atoms with Crippen LogP contribution in [0.25, 0.3) is 0 Å². The van der Waals surface area contributed by atoms with Gasteiger partial charge in [0.25, 0.3) is 0 Å². The highest BCUT2D eigenvalue weighted by Crippen LogP contribution is 2.36. The Morgan fingerprint density at radius 2 is 1.90 bits per heavy atom. The third-order valence-electron chi connectivity index (χ3n) is 4.21. The lowest BCUT2D eigenvalue weighted by Gasteiger charge is -2.16. The zero-order valence-electron chi connectivity index (χ0n) is 12.3. The highest BCUT2D eigenvalue weighted by molar-refractivity contribution is 7.12. The van der Waals surface area contributed by atoms with Crippen molar-refractivity contribution < 1.29 is 8.78 Å². The zero-order valence-corrected chi connectivity index (χ0v) is 13.1. The fourth-order valence-corrected chi connectivity index (χ4v) is 4.38. The van der Waals surface area contributed by atoms with E-state index in [2.05, 4.69) is 11.4 Å². The van der Waals surface area contributed by atoms with Gasteiger partial charge >= 0.3 is 0 Å². The minimum Gasteiger partial charge on any atom is -0.309 e. The van der Waals surface area contributed by atoms with Gasteiger partial charge in [-0.3, -0.25) is 0 Å². The van der Waals surface area contributed by atoms with Gasteiger partial charge in [0.15, 0.2) is 11.6 Å². The average Bonchev–Trinajstić information content (AvgIpc) is 2.91. The largest absolute Gasteiger partial charge is 0.309 e. The van der Waals surface area contributed by atoms with E-state index in [1.807, 2.05) is 0 Å². The lowest BCUT2D eigenvalue weighted by atomic mass is 9.97. The van der Waals surface area contributed by atoms with Gasteiger partial charge in [-0.15, -0.1) is 11.3 Å². The molecule has 112 valence electrons. The maximum atomic E-state index is 14.3. The fourth-order valence-electron chi connectivity index (χ4n) is 2.99. The van der Waals surface area contributed by atoms with Crippen LogP contribution in [0, 0.1) is 18.6 Å². The Kier molecular flexibility index (Phi) is 4.09. The molecule has 0 saturated carbocycles. The Morgan fingerprint density at radius 3 is 2.62 bits per heavy atom. The van der Waals surface area contributed by atoms with Gasteiger partial charge in [-0.1, -0.05) is 12.1 Å². The third-order valence-corrected chi connectivity index (χ3v) is 5.51. The molecular formula is C17H19F2NS.